The second-order valence-corrected chi connectivity index (χ2v) is 14.9. The standard InChI is InChI=1S/C53H34N2O/c1-2-11-40(12-3-1)54-49-28-24-37(31-47(49)53-42-13-5-4-10-35(42)23-29-50(53)54)38-22-27-44-43-14-6-8-16-48(43)55(51(44)32-38)41-25-20-34(21-26-41)36-18-19-39-33-56-52-17-9-7-15-45(52)46(39)30-36/h1-32H,33H2. The maximum absolute atomic E-state index is 6.02. The van der Waals surface area contributed by atoms with E-state index in [0.29, 0.717) is 6.61 Å². The molecule has 56 heavy (non-hydrogen) atoms. The third kappa shape index (κ3) is 4.64. The lowest BCUT2D eigenvalue weighted by Crippen LogP contribution is -2.05. The van der Waals surface area contributed by atoms with Gasteiger partial charge in [-0.1, -0.05) is 127 Å². The van der Waals surface area contributed by atoms with Crippen molar-refractivity contribution < 1.29 is 4.74 Å². The number of aromatic nitrogens is 2. The van der Waals surface area contributed by atoms with Crippen molar-refractivity contribution in [2.45, 2.75) is 6.61 Å². The first-order valence-electron chi connectivity index (χ1n) is 19.3. The van der Waals surface area contributed by atoms with Crippen molar-refractivity contribution in [1.82, 2.24) is 9.13 Å². The Morgan fingerprint density at radius 1 is 0.357 bits per heavy atom. The van der Waals surface area contributed by atoms with Crippen LogP contribution in [-0.2, 0) is 6.61 Å². The summed E-state index contributed by atoms with van der Waals surface area (Å²) in [5.41, 5.74) is 15.5. The minimum Gasteiger partial charge on any atom is -0.488 e. The van der Waals surface area contributed by atoms with E-state index in [1.54, 1.807) is 0 Å². The molecular weight excluding hydrogens is 681 g/mol. The van der Waals surface area contributed by atoms with Crippen molar-refractivity contribution >= 4 is 54.4 Å². The fourth-order valence-corrected chi connectivity index (χ4v) is 9.16. The van der Waals surface area contributed by atoms with Crippen LogP contribution >= 0.6 is 0 Å². The molecule has 262 valence electrons. The van der Waals surface area contributed by atoms with Gasteiger partial charge in [0.15, 0.2) is 0 Å². The number of hydrogen-bond donors (Lipinski definition) is 0. The van der Waals surface area contributed by atoms with E-state index in [4.69, 9.17) is 4.74 Å². The van der Waals surface area contributed by atoms with Gasteiger partial charge in [0.05, 0.1) is 22.1 Å². The predicted molar refractivity (Wildman–Crippen MR) is 233 cm³/mol. The Morgan fingerprint density at radius 2 is 0.982 bits per heavy atom. The van der Waals surface area contributed by atoms with Gasteiger partial charge < -0.3 is 13.9 Å². The van der Waals surface area contributed by atoms with Gasteiger partial charge in [-0.25, -0.2) is 0 Å². The van der Waals surface area contributed by atoms with E-state index in [9.17, 15) is 0 Å². The number of ether oxygens (including phenoxy) is 1. The lowest BCUT2D eigenvalue weighted by Gasteiger charge is -2.21. The SMILES string of the molecule is c1ccc(-n2c3ccc(-c4ccc5c6ccccc6n(-c6ccc(-c7ccc8c(c7)-c7ccccc7OC8)cc6)c5c4)cc3c3c4ccccc4ccc32)cc1. The summed E-state index contributed by atoms with van der Waals surface area (Å²) >= 11 is 0. The largest absolute Gasteiger partial charge is 0.488 e. The van der Waals surface area contributed by atoms with Crippen LogP contribution in [0.1, 0.15) is 5.56 Å². The van der Waals surface area contributed by atoms with E-state index < -0.39 is 0 Å². The van der Waals surface area contributed by atoms with E-state index in [1.807, 2.05) is 6.07 Å². The van der Waals surface area contributed by atoms with E-state index in [-0.39, 0.29) is 0 Å². The lowest BCUT2D eigenvalue weighted by atomic mass is 9.93. The molecule has 0 N–H and O–H groups in total. The molecule has 0 fully saturated rings. The topological polar surface area (TPSA) is 19.1 Å². The zero-order valence-corrected chi connectivity index (χ0v) is 30.5. The molecule has 12 rings (SSSR count). The molecule has 9 aromatic carbocycles. The highest BCUT2D eigenvalue weighted by molar-refractivity contribution is 6.22. The maximum atomic E-state index is 6.02. The monoisotopic (exact) mass is 714 g/mol. The minimum atomic E-state index is 0.600. The van der Waals surface area contributed by atoms with Crippen LogP contribution in [0.5, 0.6) is 5.75 Å². The Hall–Kier alpha value is -7.36. The summed E-state index contributed by atoms with van der Waals surface area (Å²) < 4.78 is 10.9. The lowest BCUT2D eigenvalue weighted by molar-refractivity contribution is 0.302. The van der Waals surface area contributed by atoms with Gasteiger partial charge in [0.2, 0.25) is 0 Å². The summed E-state index contributed by atoms with van der Waals surface area (Å²) in [7, 11) is 0. The maximum Gasteiger partial charge on any atom is 0.127 e. The number of rotatable bonds is 4. The molecule has 0 spiro atoms. The van der Waals surface area contributed by atoms with Crippen LogP contribution < -0.4 is 4.74 Å². The second-order valence-electron chi connectivity index (χ2n) is 14.9. The molecule has 3 heterocycles. The number of benzene rings is 9. The van der Waals surface area contributed by atoms with Gasteiger partial charge in [-0.05, 0) is 111 Å². The molecule has 0 amide bonds. The van der Waals surface area contributed by atoms with Gasteiger partial charge in [0, 0.05) is 38.5 Å². The van der Waals surface area contributed by atoms with Crippen LogP contribution in [0, 0.1) is 0 Å². The van der Waals surface area contributed by atoms with Gasteiger partial charge in [0.25, 0.3) is 0 Å². The summed E-state index contributed by atoms with van der Waals surface area (Å²) in [4.78, 5) is 0. The number of fused-ring (bicyclic) bond motifs is 11. The second kappa shape index (κ2) is 12.1. The molecule has 11 aromatic rings. The highest BCUT2D eigenvalue weighted by atomic mass is 16.5. The van der Waals surface area contributed by atoms with Crippen LogP contribution in [0.3, 0.4) is 0 Å². The van der Waals surface area contributed by atoms with E-state index in [0.717, 1.165) is 17.0 Å². The first kappa shape index (κ1) is 31.0. The fourth-order valence-electron chi connectivity index (χ4n) is 9.16. The van der Waals surface area contributed by atoms with E-state index in [1.165, 1.54) is 93.5 Å². The summed E-state index contributed by atoms with van der Waals surface area (Å²) in [5.74, 6) is 0.950. The van der Waals surface area contributed by atoms with Crippen LogP contribution in [0.2, 0.25) is 0 Å². The van der Waals surface area contributed by atoms with E-state index in [2.05, 4.69) is 197 Å². The van der Waals surface area contributed by atoms with Gasteiger partial charge in [-0.3, -0.25) is 0 Å². The minimum absolute atomic E-state index is 0.600. The zero-order valence-electron chi connectivity index (χ0n) is 30.5. The zero-order chi connectivity index (χ0) is 36.7. The van der Waals surface area contributed by atoms with E-state index >= 15 is 0 Å². The smallest absolute Gasteiger partial charge is 0.127 e. The number of hydrogen-bond acceptors (Lipinski definition) is 1. The third-order valence-corrected chi connectivity index (χ3v) is 11.8. The van der Waals surface area contributed by atoms with Crippen molar-refractivity contribution in [3.05, 3.63) is 200 Å². The molecule has 0 aliphatic carbocycles. The molecule has 0 bridgehead atoms. The molecule has 0 unspecified atom stereocenters. The Bertz CT molecular complexity index is 3350. The first-order chi connectivity index (χ1) is 27.8. The molecule has 3 nitrogen and oxygen atoms in total. The Balaban J connectivity index is 1.00. The van der Waals surface area contributed by atoms with Crippen molar-refractivity contribution in [3.8, 4) is 50.5 Å². The molecule has 0 saturated carbocycles. The number of para-hydroxylation sites is 3. The van der Waals surface area contributed by atoms with Crippen LogP contribution in [0.25, 0.3) is 99.1 Å². The molecule has 2 aromatic heterocycles. The number of nitrogens with zero attached hydrogens (tertiary/aromatic N) is 2. The van der Waals surface area contributed by atoms with Gasteiger partial charge in [-0.15, -0.1) is 0 Å². The van der Waals surface area contributed by atoms with Gasteiger partial charge in [0.1, 0.15) is 12.4 Å². The third-order valence-electron chi connectivity index (χ3n) is 11.8. The fraction of sp³-hybridized carbons (Fsp3) is 0.0189. The summed E-state index contributed by atoms with van der Waals surface area (Å²) in [5, 5.41) is 7.57. The molecule has 1 aliphatic rings. The first-order valence-corrected chi connectivity index (χ1v) is 19.3. The molecule has 1 aliphatic heterocycles. The Morgan fingerprint density at radius 3 is 1.89 bits per heavy atom. The average molecular weight is 715 g/mol. The van der Waals surface area contributed by atoms with Crippen molar-refractivity contribution in [2.75, 3.05) is 0 Å². The van der Waals surface area contributed by atoms with Crippen LogP contribution in [-0.4, -0.2) is 9.13 Å². The molecule has 0 saturated heterocycles. The average Bonchev–Trinajstić information content (AvgIpc) is 3.79. The van der Waals surface area contributed by atoms with Crippen molar-refractivity contribution in [3.63, 3.8) is 0 Å². The highest BCUT2D eigenvalue weighted by Crippen LogP contribution is 2.42. The quantitative estimate of drug-likeness (QED) is 0.178. The predicted octanol–water partition coefficient (Wildman–Crippen LogP) is 13.9. The normalized spacial score (nSPS) is 12.4. The molecular formula is C53H34N2O. The summed E-state index contributed by atoms with van der Waals surface area (Å²) in [6, 6.07) is 70.8. The molecule has 0 radical (unpaired) electrons. The Kier molecular flexibility index (Phi) is 6.69. The summed E-state index contributed by atoms with van der Waals surface area (Å²) in [6.45, 7) is 0.600. The Labute approximate surface area is 323 Å². The van der Waals surface area contributed by atoms with Gasteiger partial charge in [-0.2, -0.15) is 0 Å². The van der Waals surface area contributed by atoms with Crippen molar-refractivity contribution in [1.29, 1.82) is 0 Å². The van der Waals surface area contributed by atoms with Crippen LogP contribution in [0.15, 0.2) is 194 Å². The molecule has 3 heteroatoms. The van der Waals surface area contributed by atoms with Crippen molar-refractivity contribution in [2.24, 2.45) is 0 Å². The molecule has 0 atom stereocenters. The summed E-state index contributed by atoms with van der Waals surface area (Å²) in [6.07, 6.45) is 0. The van der Waals surface area contributed by atoms with Crippen LogP contribution in [0.4, 0.5) is 0 Å². The van der Waals surface area contributed by atoms with Gasteiger partial charge >= 0.3 is 0 Å². The highest BCUT2D eigenvalue weighted by Gasteiger charge is 2.19.